The molecule has 20 heavy (non-hydrogen) atoms. The van der Waals surface area contributed by atoms with Crippen LogP contribution in [0.1, 0.15) is 24.1 Å². The van der Waals surface area contributed by atoms with Crippen LogP contribution in [0.3, 0.4) is 0 Å². The maximum absolute atomic E-state index is 13.1. The third kappa shape index (κ3) is 4.17. The average molecular weight is 336 g/mol. The highest BCUT2D eigenvalue weighted by Crippen LogP contribution is 2.18. The largest absolute Gasteiger partial charge is 0.349 e. The summed E-state index contributed by atoms with van der Waals surface area (Å²) in [6, 6.07) is 13.8. The monoisotopic (exact) mass is 335 g/mol. The molecule has 2 aromatic carbocycles. The zero-order valence-corrected chi connectivity index (χ0v) is 12.7. The predicted octanol–water partition coefficient (Wildman–Crippen LogP) is 4.01. The summed E-state index contributed by atoms with van der Waals surface area (Å²) in [5.41, 5.74) is 1.69. The van der Waals surface area contributed by atoms with E-state index in [0.29, 0.717) is 5.56 Å². The molecule has 4 heteroatoms. The fraction of sp³-hybridized carbons (Fsp3) is 0.188. The molecule has 0 saturated carbocycles. The molecule has 0 fully saturated rings. The lowest BCUT2D eigenvalue weighted by Gasteiger charge is -2.14. The van der Waals surface area contributed by atoms with Crippen LogP contribution in [0, 0.1) is 5.82 Å². The standard InChI is InChI=1S/C16H15BrFNO/c1-11(13-5-3-6-14(17)10-13)19-16(20)9-12-4-2-7-15(18)8-12/h2-8,10-11H,9H2,1H3,(H,19,20). The van der Waals surface area contributed by atoms with Gasteiger partial charge in [0, 0.05) is 4.47 Å². The maximum atomic E-state index is 13.1. The molecule has 1 N–H and O–H groups in total. The first-order valence-electron chi connectivity index (χ1n) is 6.34. The van der Waals surface area contributed by atoms with E-state index in [0.717, 1.165) is 10.0 Å². The highest BCUT2D eigenvalue weighted by atomic mass is 79.9. The van der Waals surface area contributed by atoms with Gasteiger partial charge in [-0.3, -0.25) is 4.79 Å². The van der Waals surface area contributed by atoms with E-state index in [9.17, 15) is 9.18 Å². The Hall–Kier alpha value is -1.68. The van der Waals surface area contributed by atoms with Gasteiger partial charge in [-0.25, -0.2) is 4.39 Å². The van der Waals surface area contributed by atoms with Crippen molar-refractivity contribution in [3.05, 3.63) is 69.9 Å². The molecule has 1 amide bonds. The molecule has 104 valence electrons. The fourth-order valence-corrected chi connectivity index (χ4v) is 2.40. The summed E-state index contributed by atoms with van der Waals surface area (Å²) in [5.74, 6) is -0.446. The second kappa shape index (κ2) is 6.66. The summed E-state index contributed by atoms with van der Waals surface area (Å²) in [5, 5.41) is 2.91. The van der Waals surface area contributed by atoms with Crippen molar-refractivity contribution >= 4 is 21.8 Å². The molecule has 0 aliphatic heterocycles. The van der Waals surface area contributed by atoms with Crippen LogP contribution in [0.5, 0.6) is 0 Å². The van der Waals surface area contributed by atoms with Crippen LogP contribution in [0.15, 0.2) is 53.0 Å². The number of amides is 1. The first kappa shape index (κ1) is 14.7. The molecular weight excluding hydrogens is 321 g/mol. The van der Waals surface area contributed by atoms with Gasteiger partial charge in [-0.1, -0.05) is 40.2 Å². The van der Waals surface area contributed by atoms with Crippen molar-refractivity contribution in [2.24, 2.45) is 0 Å². The summed E-state index contributed by atoms with van der Waals surface area (Å²) in [6.07, 6.45) is 0.177. The topological polar surface area (TPSA) is 29.1 Å². The minimum atomic E-state index is -0.324. The molecule has 0 aliphatic rings. The Morgan fingerprint density at radius 3 is 2.70 bits per heavy atom. The third-order valence-electron chi connectivity index (χ3n) is 2.98. The van der Waals surface area contributed by atoms with Crippen LogP contribution in [0.25, 0.3) is 0 Å². The Bertz CT molecular complexity index is 615. The van der Waals surface area contributed by atoms with Crippen molar-refractivity contribution in [1.29, 1.82) is 0 Å². The van der Waals surface area contributed by atoms with Gasteiger partial charge >= 0.3 is 0 Å². The van der Waals surface area contributed by atoms with Crippen LogP contribution in [0.2, 0.25) is 0 Å². The van der Waals surface area contributed by atoms with E-state index in [1.54, 1.807) is 12.1 Å². The molecule has 2 rings (SSSR count). The number of hydrogen-bond donors (Lipinski definition) is 1. The number of rotatable bonds is 4. The van der Waals surface area contributed by atoms with Gasteiger partial charge in [0.25, 0.3) is 0 Å². The average Bonchev–Trinajstić information content (AvgIpc) is 2.38. The molecule has 0 radical (unpaired) electrons. The molecule has 0 aromatic heterocycles. The minimum absolute atomic E-state index is 0.0893. The lowest BCUT2D eigenvalue weighted by Crippen LogP contribution is -2.28. The molecule has 0 heterocycles. The van der Waals surface area contributed by atoms with Crippen LogP contribution in [0.4, 0.5) is 4.39 Å². The smallest absolute Gasteiger partial charge is 0.224 e. The normalized spacial score (nSPS) is 11.9. The number of carbonyl (C=O) groups is 1. The minimum Gasteiger partial charge on any atom is -0.349 e. The van der Waals surface area contributed by atoms with E-state index in [-0.39, 0.29) is 24.2 Å². The number of nitrogens with one attached hydrogen (secondary N) is 1. The summed E-state index contributed by atoms with van der Waals surface area (Å²) in [6.45, 7) is 1.92. The van der Waals surface area contributed by atoms with Gasteiger partial charge in [-0.15, -0.1) is 0 Å². The Balaban J connectivity index is 1.97. The highest BCUT2D eigenvalue weighted by molar-refractivity contribution is 9.10. The van der Waals surface area contributed by atoms with Crippen molar-refractivity contribution in [3.63, 3.8) is 0 Å². The van der Waals surface area contributed by atoms with Crippen molar-refractivity contribution in [2.45, 2.75) is 19.4 Å². The number of hydrogen-bond acceptors (Lipinski definition) is 1. The molecule has 1 unspecified atom stereocenters. The van der Waals surface area contributed by atoms with Gasteiger partial charge in [-0.05, 0) is 42.3 Å². The van der Waals surface area contributed by atoms with Crippen molar-refractivity contribution < 1.29 is 9.18 Å². The van der Waals surface area contributed by atoms with Gasteiger partial charge in [0.15, 0.2) is 0 Å². The molecule has 0 saturated heterocycles. The van der Waals surface area contributed by atoms with E-state index in [2.05, 4.69) is 21.2 Å². The number of carbonyl (C=O) groups excluding carboxylic acids is 1. The van der Waals surface area contributed by atoms with E-state index in [4.69, 9.17) is 0 Å². The quantitative estimate of drug-likeness (QED) is 0.898. The fourth-order valence-electron chi connectivity index (χ4n) is 1.98. The lowest BCUT2D eigenvalue weighted by atomic mass is 10.1. The van der Waals surface area contributed by atoms with Crippen molar-refractivity contribution in [2.75, 3.05) is 0 Å². The molecule has 0 aliphatic carbocycles. The van der Waals surface area contributed by atoms with Crippen LogP contribution in [-0.2, 0) is 11.2 Å². The van der Waals surface area contributed by atoms with Gasteiger partial charge < -0.3 is 5.32 Å². The van der Waals surface area contributed by atoms with Crippen LogP contribution < -0.4 is 5.32 Å². The summed E-state index contributed by atoms with van der Waals surface area (Å²) in [7, 11) is 0. The zero-order valence-electron chi connectivity index (χ0n) is 11.1. The van der Waals surface area contributed by atoms with Crippen molar-refractivity contribution in [1.82, 2.24) is 5.32 Å². The highest BCUT2D eigenvalue weighted by Gasteiger charge is 2.10. The second-order valence-electron chi connectivity index (χ2n) is 4.65. The first-order valence-corrected chi connectivity index (χ1v) is 7.13. The lowest BCUT2D eigenvalue weighted by molar-refractivity contribution is -0.121. The van der Waals surface area contributed by atoms with Gasteiger partial charge in [0.05, 0.1) is 12.5 Å². The molecule has 0 spiro atoms. The Morgan fingerprint density at radius 1 is 1.25 bits per heavy atom. The Labute approximate surface area is 126 Å². The molecule has 1 atom stereocenters. The number of benzene rings is 2. The van der Waals surface area contributed by atoms with Gasteiger partial charge in [-0.2, -0.15) is 0 Å². The number of halogens is 2. The van der Waals surface area contributed by atoms with E-state index >= 15 is 0 Å². The third-order valence-corrected chi connectivity index (χ3v) is 3.47. The van der Waals surface area contributed by atoms with Crippen molar-refractivity contribution in [3.8, 4) is 0 Å². The zero-order chi connectivity index (χ0) is 14.5. The summed E-state index contributed by atoms with van der Waals surface area (Å²) >= 11 is 3.40. The van der Waals surface area contributed by atoms with Crippen LogP contribution >= 0.6 is 15.9 Å². The van der Waals surface area contributed by atoms with Crippen LogP contribution in [-0.4, -0.2) is 5.91 Å². The SMILES string of the molecule is CC(NC(=O)Cc1cccc(F)c1)c1cccc(Br)c1. The molecule has 0 bridgehead atoms. The maximum Gasteiger partial charge on any atom is 0.224 e. The van der Waals surface area contributed by atoms with E-state index < -0.39 is 0 Å². The van der Waals surface area contributed by atoms with E-state index in [1.165, 1.54) is 12.1 Å². The molecule has 2 aromatic rings. The summed E-state index contributed by atoms with van der Waals surface area (Å²) in [4.78, 5) is 11.9. The molecule has 2 nitrogen and oxygen atoms in total. The second-order valence-corrected chi connectivity index (χ2v) is 5.57. The van der Waals surface area contributed by atoms with Gasteiger partial charge in [0.2, 0.25) is 5.91 Å². The Kier molecular flexibility index (Phi) is 4.90. The predicted molar refractivity (Wildman–Crippen MR) is 80.8 cm³/mol. The summed E-state index contributed by atoms with van der Waals surface area (Å²) < 4.78 is 14.0. The Morgan fingerprint density at radius 2 is 2.00 bits per heavy atom. The van der Waals surface area contributed by atoms with E-state index in [1.807, 2.05) is 31.2 Å². The first-order chi connectivity index (χ1) is 9.54. The molecular formula is C16H15BrFNO. The van der Waals surface area contributed by atoms with Gasteiger partial charge in [0.1, 0.15) is 5.82 Å².